The minimum absolute atomic E-state index is 0.255. The number of anilines is 1. The summed E-state index contributed by atoms with van der Waals surface area (Å²) in [5.74, 6) is -0.778. The molecule has 0 bridgehead atoms. The first kappa shape index (κ1) is 13.0. The molecule has 96 valence electrons. The summed E-state index contributed by atoms with van der Waals surface area (Å²) >= 11 is 1.55. The molecule has 19 heavy (non-hydrogen) atoms. The predicted octanol–water partition coefficient (Wildman–Crippen LogP) is 2.50. The first-order chi connectivity index (χ1) is 9.15. The van der Waals surface area contributed by atoms with E-state index < -0.39 is 5.91 Å². The maximum absolute atomic E-state index is 11.7. The maximum atomic E-state index is 11.7. The van der Waals surface area contributed by atoms with Crippen molar-refractivity contribution in [2.45, 2.75) is 0 Å². The molecule has 3 N–H and O–H groups in total. The van der Waals surface area contributed by atoms with Gasteiger partial charge < -0.3 is 11.1 Å². The molecule has 0 saturated heterocycles. The summed E-state index contributed by atoms with van der Waals surface area (Å²) in [6.07, 6.45) is 3.18. The summed E-state index contributed by atoms with van der Waals surface area (Å²) in [7, 11) is 0. The van der Waals surface area contributed by atoms with E-state index in [-0.39, 0.29) is 5.91 Å². The van der Waals surface area contributed by atoms with Gasteiger partial charge in [-0.3, -0.25) is 9.59 Å². The Hall–Kier alpha value is -2.40. The van der Waals surface area contributed by atoms with Gasteiger partial charge in [0.05, 0.1) is 0 Å². The predicted molar refractivity (Wildman–Crippen MR) is 76.9 cm³/mol. The van der Waals surface area contributed by atoms with Gasteiger partial charge in [-0.25, -0.2) is 0 Å². The topological polar surface area (TPSA) is 72.2 Å². The second kappa shape index (κ2) is 5.97. The number of thiophene rings is 1. The molecule has 0 spiro atoms. The van der Waals surface area contributed by atoms with Crippen LogP contribution in [0, 0.1) is 0 Å². The number of amides is 2. The van der Waals surface area contributed by atoms with Crippen molar-refractivity contribution in [2.75, 3.05) is 5.32 Å². The van der Waals surface area contributed by atoms with Gasteiger partial charge in [-0.1, -0.05) is 12.1 Å². The largest absolute Gasteiger partial charge is 0.366 e. The van der Waals surface area contributed by atoms with Gasteiger partial charge >= 0.3 is 0 Å². The monoisotopic (exact) mass is 272 g/mol. The molecule has 0 aliphatic heterocycles. The number of nitrogens with one attached hydrogen (secondary N) is 1. The second-order valence-corrected chi connectivity index (χ2v) is 4.76. The van der Waals surface area contributed by atoms with Gasteiger partial charge in [-0.15, -0.1) is 11.3 Å². The minimum atomic E-state index is -0.523. The lowest BCUT2D eigenvalue weighted by molar-refractivity contribution is -0.111. The number of carbonyl (C=O) groups is 2. The molecule has 5 heteroatoms. The van der Waals surface area contributed by atoms with Crippen LogP contribution in [0.4, 0.5) is 5.69 Å². The highest BCUT2D eigenvalue weighted by Crippen LogP contribution is 2.12. The lowest BCUT2D eigenvalue weighted by Crippen LogP contribution is -2.12. The molecule has 0 atom stereocenters. The molecule has 1 aromatic heterocycles. The second-order valence-electron chi connectivity index (χ2n) is 3.78. The number of benzene rings is 1. The van der Waals surface area contributed by atoms with Crippen LogP contribution in [0.5, 0.6) is 0 Å². The van der Waals surface area contributed by atoms with Gasteiger partial charge in [-0.05, 0) is 35.7 Å². The Labute approximate surface area is 114 Å². The van der Waals surface area contributed by atoms with Crippen molar-refractivity contribution in [1.82, 2.24) is 0 Å². The Morgan fingerprint density at radius 2 is 2.05 bits per heavy atom. The van der Waals surface area contributed by atoms with Gasteiger partial charge in [0, 0.05) is 22.2 Å². The summed E-state index contributed by atoms with van der Waals surface area (Å²) in [5, 5.41) is 4.61. The van der Waals surface area contributed by atoms with Crippen LogP contribution in [0.1, 0.15) is 15.2 Å². The zero-order valence-corrected chi connectivity index (χ0v) is 10.8. The Bertz CT molecular complexity index is 618. The third-order valence-corrected chi connectivity index (χ3v) is 3.19. The lowest BCUT2D eigenvalue weighted by Gasteiger charge is -2.03. The molecule has 0 fully saturated rings. The molecule has 0 radical (unpaired) electrons. The van der Waals surface area contributed by atoms with E-state index in [0.717, 1.165) is 4.88 Å². The molecular formula is C14H12N2O2S. The van der Waals surface area contributed by atoms with Crippen molar-refractivity contribution in [3.8, 4) is 0 Å². The van der Waals surface area contributed by atoms with Crippen molar-refractivity contribution in [3.05, 3.63) is 58.3 Å². The first-order valence-corrected chi connectivity index (χ1v) is 6.45. The number of hydrogen-bond acceptors (Lipinski definition) is 3. The van der Waals surface area contributed by atoms with Crippen LogP contribution in [0.15, 0.2) is 47.9 Å². The average Bonchev–Trinajstić information content (AvgIpc) is 2.90. The molecule has 0 aliphatic rings. The van der Waals surface area contributed by atoms with Crippen molar-refractivity contribution >= 4 is 34.9 Å². The van der Waals surface area contributed by atoms with Crippen LogP contribution >= 0.6 is 11.3 Å². The Morgan fingerprint density at radius 3 is 2.74 bits per heavy atom. The third kappa shape index (κ3) is 3.79. The van der Waals surface area contributed by atoms with Crippen LogP contribution < -0.4 is 11.1 Å². The van der Waals surface area contributed by atoms with Crippen LogP contribution in [-0.4, -0.2) is 11.8 Å². The summed E-state index contributed by atoms with van der Waals surface area (Å²) < 4.78 is 0. The fourth-order valence-electron chi connectivity index (χ4n) is 1.48. The van der Waals surface area contributed by atoms with Gasteiger partial charge in [0.25, 0.3) is 0 Å². The molecule has 2 aromatic rings. The van der Waals surface area contributed by atoms with E-state index in [2.05, 4.69) is 5.32 Å². The summed E-state index contributed by atoms with van der Waals surface area (Å²) in [5.41, 5.74) is 6.07. The molecule has 1 heterocycles. The Kier molecular flexibility index (Phi) is 4.10. The van der Waals surface area contributed by atoms with Gasteiger partial charge in [0.15, 0.2) is 0 Å². The van der Waals surface area contributed by atoms with E-state index in [1.807, 2.05) is 17.5 Å². The smallest absolute Gasteiger partial charge is 0.248 e. The number of rotatable bonds is 4. The zero-order chi connectivity index (χ0) is 13.7. The summed E-state index contributed by atoms with van der Waals surface area (Å²) in [6, 6.07) is 10.3. The quantitative estimate of drug-likeness (QED) is 0.839. The van der Waals surface area contributed by atoms with E-state index in [4.69, 9.17) is 5.73 Å². The highest BCUT2D eigenvalue weighted by molar-refractivity contribution is 7.10. The molecule has 2 amide bonds. The highest BCUT2D eigenvalue weighted by atomic mass is 32.1. The summed E-state index contributed by atoms with van der Waals surface area (Å²) in [4.78, 5) is 23.7. The van der Waals surface area contributed by atoms with Crippen LogP contribution in [0.25, 0.3) is 6.08 Å². The van der Waals surface area contributed by atoms with Crippen molar-refractivity contribution < 1.29 is 9.59 Å². The van der Waals surface area contributed by atoms with Crippen LogP contribution in [0.2, 0.25) is 0 Å². The zero-order valence-electron chi connectivity index (χ0n) is 10.00. The fraction of sp³-hybridized carbons (Fsp3) is 0. The Morgan fingerprint density at radius 1 is 1.21 bits per heavy atom. The maximum Gasteiger partial charge on any atom is 0.248 e. The average molecular weight is 272 g/mol. The van der Waals surface area contributed by atoms with E-state index >= 15 is 0 Å². The third-order valence-electron chi connectivity index (χ3n) is 2.36. The van der Waals surface area contributed by atoms with Crippen molar-refractivity contribution in [3.63, 3.8) is 0 Å². The SMILES string of the molecule is NC(=O)c1cccc(NC(=O)C=Cc2cccs2)c1. The molecule has 4 nitrogen and oxygen atoms in total. The van der Waals surface area contributed by atoms with Gasteiger partial charge in [0.2, 0.25) is 11.8 Å². The first-order valence-electron chi connectivity index (χ1n) is 5.57. The molecule has 0 aliphatic carbocycles. The van der Waals surface area contributed by atoms with Crippen LogP contribution in [-0.2, 0) is 4.79 Å². The normalized spacial score (nSPS) is 10.5. The van der Waals surface area contributed by atoms with Crippen molar-refractivity contribution in [1.29, 1.82) is 0 Å². The molecule has 1 aromatic carbocycles. The van der Waals surface area contributed by atoms with E-state index in [9.17, 15) is 9.59 Å². The Balaban J connectivity index is 2.03. The van der Waals surface area contributed by atoms with E-state index in [1.165, 1.54) is 6.08 Å². The van der Waals surface area contributed by atoms with Crippen LogP contribution in [0.3, 0.4) is 0 Å². The molecule has 0 saturated carbocycles. The van der Waals surface area contributed by atoms with E-state index in [0.29, 0.717) is 11.3 Å². The van der Waals surface area contributed by atoms with Crippen molar-refractivity contribution in [2.24, 2.45) is 5.73 Å². The molecule has 2 rings (SSSR count). The fourth-order valence-corrected chi connectivity index (χ4v) is 2.10. The van der Waals surface area contributed by atoms with E-state index in [1.54, 1.807) is 41.7 Å². The van der Waals surface area contributed by atoms with Gasteiger partial charge in [-0.2, -0.15) is 0 Å². The number of carbonyl (C=O) groups excluding carboxylic acids is 2. The minimum Gasteiger partial charge on any atom is -0.366 e. The number of hydrogen-bond donors (Lipinski definition) is 2. The van der Waals surface area contributed by atoms with Gasteiger partial charge in [0.1, 0.15) is 0 Å². The standard InChI is InChI=1S/C14H12N2O2S/c15-14(18)10-3-1-4-11(9-10)16-13(17)7-6-12-5-2-8-19-12/h1-9H,(H2,15,18)(H,16,17). The number of nitrogens with two attached hydrogens (primary N) is 1. The summed E-state index contributed by atoms with van der Waals surface area (Å²) in [6.45, 7) is 0. The molecular weight excluding hydrogens is 260 g/mol. The lowest BCUT2D eigenvalue weighted by atomic mass is 10.2. The molecule has 0 unspecified atom stereocenters. The number of primary amides is 1. The highest BCUT2D eigenvalue weighted by Gasteiger charge is 2.02.